The zero-order valence-electron chi connectivity index (χ0n) is 11.1. The fourth-order valence-corrected chi connectivity index (χ4v) is 3.94. The van der Waals surface area contributed by atoms with Gasteiger partial charge in [0.1, 0.15) is 0 Å². The van der Waals surface area contributed by atoms with Crippen LogP contribution in [-0.4, -0.2) is 10.9 Å². The monoisotopic (exact) mass is 304 g/mol. The number of thiophene rings is 1. The average molecular weight is 304 g/mol. The predicted octanol–water partition coefficient (Wildman–Crippen LogP) is 4.13. The summed E-state index contributed by atoms with van der Waals surface area (Å²) >= 11 is 3.24. The van der Waals surface area contributed by atoms with Crippen LogP contribution in [0.4, 0.5) is 5.13 Å². The van der Waals surface area contributed by atoms with Crippen molar-refractivity contribution in [3.05, 3.63) is 39.0 Å². The second-order valence-corrected chi connectivity index (χ2v) is 6.85. The summed E-state index contributed by atoms with van der Waals surface area (Å²) in [7, 11) is 0. The number of rotatable bonds is 3. The highest BCUT2D eigenvalue weighted by atomic mass is 32.1. The average Bonchev–Trinajstić information content (AvgIpc) is 3.03. The molecule has 0 unspecified atom stereocenters. The van der Waals surface area contributed by atoms with Crippen molar-refractivity contribution in [3.8, 4) is 0 Å². The summed E-state index contributed by atoms with van der Waals surface area (Å²) < 4.78 is 0. The molecule has 1 N–H and O–H groups in total. The largest absolute Gasteiger partial charge is 0.298 e. The number of aromatic nitrogens is 1. The van der Waals surface area contributed by atoms with Gasteiger partial charge in [-0.1, -0.05) is 12.5 Å². The summed E-state index contributed by atoms with van der Waals surface area (Å²) in [6.07, 6.45) is 9.29. The van der Waals surface area contributed by atoms with Crippen molar-refractivity contribution < 1.29 is 4.79 Å². The fourth-order valence-electron chi connectivity index (χ4n) is 2.27. The van der Waals surface area contributed by atoms with Crippen LogP contribution in [0, 0.1) is 0 Å². The molecule has 0 spiro atoms. The topological polar surface area (TPSA) is 42.0 Å². The molecule has 1 amide bonds. The van der Waals surface area contributed by atoms with Gasteiger partial charge in [0.25, 0.3) is 0 Å². The molecule has 0 radical (unpaired) electrons. The summed E-state index contributed by atoms with van der Waals surface area (Å²) in [5, 5.41) is 5.60. The molecule has 2 aromatic rings. The maximum Gasteiger partial charge on any atom is 0.250 e. The lowest BCUT2D eigenvalue weighted by Crippen LogP contribution is -2.07. The van der Waals surface area contributed by atoms with Crippen LogP contribution in [0.3, 0.4) is 0 Å². The minimum atomic E-state index is -0.109. The normalized spacial score (nSPS) is 15.0. The van der Waals surface area contributed by atoms with E-state index in [9.17, 15) is 4.79 Å². The molecule has 3 rings (SSSR count). The Kier molecular flexibility index (Phi) is 4.28. The van der Waals surface area contributed by atoms with E-state index < -0.39 is 0 Å². The van der Waals surface area contributed by atoms with Crippen LogP contribution in [0.5, 0.6) is 0 Å². The molecule has 1 aliphatic rings. The lowest BCUT2D eigenvalue weighted by Gasteiger charge is -1.96. The third kappa shape index (κ3) is 3.35. The second kappa shape index (κ2) is 6.33. The number of nitrogens with one attached hydrogen (secondary N) is 1. The van der Waals surface area contributed by atoms with Crippen molar-refractivity contribution in [2.45, 2.75) is 32.1 Å². The molecule has 2 heterocycles. The first-order chi connectivity index (χ1) is 9.81. The van der Waals surface area contributed by atoms with Gasteiger partial charge in [0, 0.05) is 15.8 Å². The lowest BCUT2D eigenvalue weighted by atomic mass is 10.2. The van der Waals surface area contributed by atoms with E-state index in [1.807, 2.05) is 23.6 Å². The fraction of sp³-hybridized carbons (Fsp3) is 0.333. The van der Waals surface area contributed by atoms with Crippen molar-refractivity contribution in [2.75, 3.05) is 5.32 Å². The van der Waals surface area contributed by atoms with Gasteiger partial charge < -0.3 is 0 Å². The molecule has 104 valence electrons. The van der Waals surface area contributed by atoms with Crippen molar-refractivity contribution in [1.82, 2.24) is 4.98 Å². The van der Waals surface area contributed by atoms with E-state index in [1.165, 1.54) is 29.8 Å². The molecular formula is C15H16N2OS2. The minimum Gasteiger partial charge on any atom is -0.298 e. The number of thiazole rings is 1. The van der Waals surface area contributed by atoms with E-state index in [0.29, 0.717) is 0 Å². The molecule has 0 atom stereocenters. The van der Waals surface area contributed by atoms with Gasteiger partial charge in [0.05, 0.1) is 5.69 Å². The number of amides is 1. The van der Waals surface area contributed by atoms with Crippen LogP contribution in [0.25, 0.3) is 6.08 Å². The smallest absolute Gasteiger partial charge is 0.250 e. The van der Waals surface area contributed by atoms with Gasteiger partial charge in [-0.05, 0) is 43.2 Å². The quantitative estimate of drug-likeness (QED) is 0.684. The van der Waals surface area contributed by atoms with Crippen molar-refractivity contribution in [3.63, 3.8) is 0 Å². The summed E-state index contributed by atoms with van der Waals surface area (Å²) in [6.45, 7) is 0. The number of hydrogen-bond donors (Lipinski definition) is 1. The zero-order valence-corrected chi connectivity index (χ0v) is 12.7. The van der Waals surface area contributed by atoms with Crippen LogP contribution in [0.1, 0.15) is 34.7 Å². The highest BCUT2D eigenvalue weighted by molar-refractivity contribution is 7.15. The van der Waals surface area contributed by atoms with Gasteiger partial charge in [-0.15, -0.1) is 22.7 Å². The molecule has 0 aromatic carbocycles. The van der Waals surface area contributed by atoms with E-state index in [0.717, 1.165) is 22.9 Å². The van der Waals surface area contributed by atoms with Crippen molar-refractivity contribution in [1.29, 1.82) is 0 Å². The van der Waals surface area contributed by atoms with E-state index in [-0.39, 0.29) is 5.91 Å². The molecule has 0 aliphatic heterocycles. The van der Waals surface area contributed by atoms with Gasteiger partial charge in [-0.3, -0.25) is 10.1 Å². The van der Waals surface area contributed by atoms with Gasteiger partial charge in [-0.2, -0.15) is 0 Å². The molecule has 5 heteroatoms. The van der Waals surface area contributed by atoms with Gasteiger partial charge in [0.2, 0.25) is 5.91 Å². The molecular weight excluding hydrogens is 288 g/mol. The summed E-state index contributed by atoms with van der Waals surface area (Å²) in [6, 6.07) is 3.96. The zero-order chi connectivity index (χ0) is 13.8. The summed E-state index contributed by atoms with van der Waals surface area (Å²) in [5.41, 5.74) is 1.19. The van der Waals surface area contributed by atoms with E-state index in [2.05, 4.69) is 10.3 Å². The highest BCUT2D eigenvalue weighted by Gasteiger charge is 2.14. The minimum absolute atomic E-state index is 0.109. The Morgan fingerprint density at radius 1 is 1.30 bits per heavy atom. The first-order valence-electron chi connectivity index (χ1n) is 6.82. The number of hydrogen-bond acceptors (Lipinski definition) is 4. The third-order valence-electron chi connectivity index (χ3n) is 3.27. The van der Waals surface area contributed by atoms with E-state index in [1.54, 1.807) is 28.7 Å². The van der Waals surface area contributed by atoms with Crippen molar-refractivity contribution in [2.24, 2.45) is 0 Å². The summed E-state index contributed by atoms with van der Waals surface area (Å²) in [5.74, 6) is -0.109. The number of aryl methyl sites for hydroxylation is 2. The van der Waals surface area contributed by atoms with Gasteiger partial charge >= 0.3 is 0 Å². The first kappa shape index (κ1) is 13.5. The number of anilines is 1. The Labute approximate surface area is 126 Å². The Morgan fingerprint density at radius 2 is 2.20 bits per heavy atom. The molecule has 20 heavy (non-hydrogen) atoms. The Bertz CT molecular complexity index is 590. The number of nitrogens with zero attached hydrogens (tertiary/aromatic N) is 1. The predicted molar refractivity (Wildman–Crippen MR) is 85.4 cm³/mol. The lowest BCUT2D eigenvalue weighted by molar-refractivity contribution is -0.111. The molecule has 3 nitrogen and oxygen atoms in total. The number of carbonyl (C=O) groups is 1. The molecule has 0 bridgehead atoms. The second-order valence-electron chi connectivity index (χ2n) is 4.79. The molecule has 1 aliphatic carbocycles. The molecule has 0 fully saturated rings. The number of carbonyl (C=O) groups excluding carboxylic acids is 1. The van der Waals surface area contributed by atoms with Crippen LogP contribution in [0.2, 0.25) is 0 Å². The maximum absolute atomic E-state index is 11.9. The summed E-state index contributed by atoms with van der Waals surface area (Å²) in [4.78, 5) is 18.8. The third-order valence-corrected chi connectivity index (χ3v) is 5.18. The SMILES string of the molecule is O=C(C=Cc1cccs1)Nc1nc2c(s1)CCCCC2. The van der Waals surface area contributed by atoms with E-state index in [4.69, 9.17) is 0 Å². The maximum atomic E-state index is 11.9. The van der Waals surface area contributed by atoms with E-state index >= 15 is 0 Å². The molecule has 2 aromatic heterocycles. The van der Waals surface area contributed by atoms with Crippen LogP contribution < -0.4 is 5.32 Å². The highest BCUT2D eigenvalue weighted by Crippen LogP contribution is 2.28. The Hall–Kier alpha value is -1.46. The van der Waals surface area contributed by atoms with Crippen LogP contribution in [0.15, 0.2) is 23.6 Å². The molecule has 0 saturated heterocycles. The van der Waals surface area contributed by atoms with Crippen LogP contribution in [-0.2, 0) is 17.6 Å². The van der Waals surface area contributed by atoms with Crippen LogP contribution >= 0.6 is 22.7 Å². The van der Waals surface area contributed by atoms with Gasteiger partial charge in [0.15, 0.2) is 5.13 Å². The van der Waals surface area contributed by atoms with Gasteiger partial charge in [-0.25, -0.2) is 4.98 Å². The first-order valence-corrected chi connectivity index (χ1v) is 8.52. The Morgan fingerprint density at radius 3 is 3.05 bits per heavy atom. The standard InChI is InChI=1S/C15H16N2OS2/c18-14(9-8-11-5-4-10-19-11)17-15-16-12-6-2-1-3-7-13(12)20-15/h4-5,8-10H,1-3,6-7H2,(H,16,17,18). The Balaban J connectivity index is 1.64. The number of fused-ring (bicyclic) bond motifs is 1. The molecule has 0 saturated carbocycles. The van der Waals surface area contributed by atoms with Crippen molar-refractivity contribution >= 4 is 39.8 Å².